The van der Waals surface area contributed by atoms with E-state index in [1.54, 1.807) is 0 Å². The molecular formula is C48H87N3O30. The zero-order valence-electron chi connectivity index (χ0n) is 44.9. The lowest BCUT2D eigenvalue weighted by Gasteiger charge is -2.46. The van der Waals surface area contributed by atoms with Gasteiger partial charge in [-0.15, -0.1) is 0 Å². The molecule has 0 amide bonds. The van der Waals surface area contributed by atoms with Crippen molar-refractivity contribution in [1.82, 2.24) is 0 Å². The fourth-order valence-electron chi connectivity index (χ4n) is 9.41. The predicted molar refractivity (Wildman–Crippen MR) is 264 cm³/mol. The number of hydrogen-bond donors (Lipinski definition) is 16. The van der Waals surface area contributed by atoms with Crippen LogP contribution >= 0.6 is 0 Å². The van der Waals surface area contributed by atoms with E-state index < -0.39 is 180 Å². The van der Waals surface area contributed by atoms with Crippen molar-refractivity contribution in [3.8, 4) is 0 Å². The Hall–Kier alpha value is -1.89. The van der Waals surface area contributed by atoms with E-state index in [9.17, 15) is 81.7 Å². The van der Waals surface area contributed by atoms with Gasteiger partial charge in [-0.3, -0.25) is 0 Å². The lowest BCUT2D eigenvalue weighted by molar-refractivity contribution is -0.326. The maximum Gasteiger partial charge on any atom is 0.186 e. The van der Waals surface area contributed by atoms with E-state index in [1.165, 1.54) is 0 Å². The monoisotopic (exact) mass is 1190 g/mol. The molecule has 0 bridgehead atoms. The van der Waals surface area contributed by atoms with Gasteiger partial charge < -0.3 is 148 Å². The van der Waals surface area contributed by atoms with Crippen molar-refractivity contribution in [2.45, 2.75) is 205 Å². The number of nitrogens with zero attached hydrogens (tertiary/aromatic N) is 3. The van der Waals surface area contributed by atoms with Gasteiger partial charge >= 0.3 is 0 Å². The highest BCUT2D eigenvalue weighted by molar-refractivity contribution is 4.95. The molecule has 16 N–H and O–H groups in total. The van der Waals surface area contributed by atoms with Crippen LogP contribution in [0.2, 0.25) is 0 Å². The summed E-state index contributed by atoms with van der Waals surface area (Å²) in [5.74, 6) is 0. The summed E-state index contributed by atoms with van der Waals surface area (Å²) in [7, 11) is 0. The lowest BCUT2D eigenvalue weighted by atomic mass is 9.98. The maximum absolute atomic E-state index is 10.6. The molecule has 0 aliphatic carbocycles. The van der Waals surface area contributed by atoms with Gasteiger partial charge in [0.25, 0.3) is 0 Å². The number of unbranched alkanes of at least 4 members (excludes halogenated alkanes) is 3. The van der Waals surface area contributed by atoms with Gasteiger partial charge in [-0.2, -0.15) is 0 Å². The summed E-state index contributed by atoms with van der Waals surface area (Å²) in [5.41, 5.74) is 8.67. The molecule has 0 radical (unpaired) electrons. The molecule has 5 saturated heterocycles. The van der Waals surface area contributed by atoms with E-state index in [4.69, 9.17) is 71.8 Å². The summed E-state index contributed by atoms with van der Waals surface area (Å²) in [4.78, 5) is 2.78. The van der Waals surface area contributed by atoms with Crippen molar-refractivity contribution >= 4 is 0 Å². The summed E-state index contributed by atoms with van der Waals surface area (Å²) in [6, 6.07) is 0. The minimum Gasteiger partial charge on any atom is -0.394 e. The number of ether oxygens (including phenoxy) is 14. The van der Waals surface area contributed by atoms with E-state index in [0.717, 1.165) is 0 Å². The standard InChI is InChI=1S/C48H87N3O30/c49-51-50-9-3-1-2-4-11-76-48-43(71-14-8-18-75-47-40(67)36(63)32(59)27(22-55)80-47)42(70-13-7-17-74-46-39(66)35(62)31(58)26(21-54)79-46)41(69-12-6-16-73-45-38(65)34(61)30(57)25(20-53)78-45)28(81-48)23-68-10-5-15-72-44-37(64)33(60)29(56)24(19-52)77-44/h24-48,52-67H,1-23H2/t24-,25-,26-,27-,28-,29-,30-,31-,32-,33+,34+,35+,36+,37+,38+,39+,40+,41-,42+,43-,44+,45+,46+,47+,48-/m1/s1. The molecule has 5 heterocycles. The van der Waals surface area contributed by atoms with Crippen LogP contribution in [0.25, 0.3) is 10.4 Å². The van der Waals surface area contributed by atoms with Crippen LogP contribution in [0, 0.1) is 0 Å². The summed E-state index contributed by atoms with van der Waals surface area (Å²) >= 11 is 0. The first-order valence-corrected chi connectivity index (χ1v) is 27.4. The van der Waals surface area contributed by atoms with E-state index >= 15 is 0 Å². The molecule has 0 aromatic rings. The van der Waals surface area contributed by atoms with Gasteiger partial charge in [0.05, 0.1) is 59.5 Å². The van der Waals surface area contributed by atoms with Crippen molar-refractivity contribution in [3.05, 3.63) is 10.4 Å². The fraction of sp³-hybridized carbons (Fsp3) is 1.00. The molecule has 0 spiro atoms. The molecule has 5 aliphatic rings. The Kier molecular flexibility index (Phi) is 31.9. The summed E-state index contributed by atoms with van der Waals surface area (Å²) in [5, 5.41) is 166. The van der Waals surface area contributed by atoms with E-state index in [1.807, 2.05) is 0 Å². The van der Waals surface area contributed by atoms with Crippen LogP contribution in [0.15, 0.2) is 5.11 Å². The highest BCUT2D eigenvalue weighted by Gasteiger charge is 2.51. The smallest absolute Gasteiger partial charge is 0.186 e. The third kappa shape index (κ3) is 20.4. The molecule has 5 fully saturated rings. The van der Waals surface area contributed by atoms with Crippen LogP contribution in [0.1, 0.15) is 51.4 Å². The highest BCUT2D eigenvalue weighted by Crippen LogP contribution is 2.32. The summed E-state index contributed by atoms with van der Waals surface area (Å²) in [6.45, 7) is -3.23. The number of aliphatic hydroxyl groups excluding tert-OH is 16. The molecule has 0 saturated carbocycles. The molecule has 0 aromatic heterocycles. The normalized spacial score (nSPS) is 40.3. The number of hydrogen-bond acceptors (Lipinski definition) is 31. The van der Waals surface area contributed by atoms with E-state index in [2.05, 4.69) is 10.0 Å². The second-order valence-corrected chi connectivity index (χ2v) is 20.1. The van der Waals surface area contributed by atoms with Gasteiger partial charge in [-0.25, -0.2) is 0 Å². The van der Waals surface area contributed by atoms with Gasteiger partial charge in [0.15, 0.2) is 31.5 Å². The maximum atomic E-state index is 10.6. The predicted octanol–water partition coefficient (Wildman–Crippen LogP) is -7.40. The first-order valence-electron chi connectivity index (χ1n) is 27.4. The van der Waals surface area contributed by atoms with Crippen LogP contribution in [0.4, 0.5) is 0 Å². The summed E-state index contributed by atoms with van der Waals surface area (Å²) < 4.78 is 83.2. The number of aliphatic hydroxyl groups is 16. The first kappa shape index (κ1) is 69.9. The first-order chi connectivity index (χ1) is 39.0. The Balaban J connectivity index is 1.34. The third-order valence-corrected chi connectivity index (χ3v) is 14.1. The Bertz CT molecular complexity index is 1730. The van der Waals surface area contributed by atoms with E-state index in [-0.39, 0.29) is 91.8 Å². The zero-order valence-corrected chi connectivity index (χ0v) is 44.9. The van der Waals surface area contributed by atoms with Crippen LogP contribution in [-0.4, -0.2) is 334 Å². The minimum atomic E-state index is -1.69. The van der Waals surface area contributed by atoms with Gasteiger partial charge in [-0.05, 0) is 44.1 Å². The number of rotatable bonds is 37. The minimum absolute atomic E-state index is 0.00744. The second-order valence-electron chi connectivity index (χ2n) is 20.1. The molecule has 5 aliphatic heterocycles. The van der Waals surface area contributed by atoms with Crippen molar-refractivity contribution in [2.24, 2.45) is 5.11 Å². The molecule has 33 heteroatoms. The average Bonchev–Trinajstić information content (AvgIpc) is 3.58. The second kappa shape index (κ2) is 37.0. The molecule has 25 atom stereocenters. The van der Waals surface area contributed by atoms with Crippen molar-refractivity contribution < 1.29 is 148 Å². The van der Waals surface area contributed by atoms with Crippen LogP contribution in [0.3, 0.4) is 0 Å². The topological polar surface area (TPSA) is 502 Å². The molecule has 474 valence electrons. The molecule has 5 rings (SSSR count). The third-order valence-electron chi connectivity index (χ3n) is 14.1. The fourth-order valence-corrected chi connectivity index (χ4v) is 9.41. The molecular weight excluding hydrogens is 1100 g/mol. The zero-order chi connectivity index (χ0) is 59.0. The Morgan fingerprint density at radius 2 is 0.617 bits per heavy atom. The van der Waals surface area contributed by atoms with Crippen molar-refractivity contribution in [2.75, 3.05) is 99.0 Å². The van der Waals surface area contributed by atoms with Gasteiger partial charge in [0.1, 0.15) is 122 Å². The van der Waals surface area contributed by atoms with Gasteiger partial charge in [-0.1, -0.05) is 18.0 Å². The van der Waals surface area contributed by atoms with Crippen molar-refractivity contribution in [3.63, 3.8) is 0 Å². The van der Waals surface area contributed by atoms with Crippen LogP contribution in [-0.2, 0) is 66.3 Å². The SMILES string of the molecule is [N-]=[N+]=NCCCCCCO[C@@H]1O[C@H](COCCCO[C@H]2O[C@H](CO)[C@@H](O)[C@H](O)[C@@H]2O)[C@@H](OCCCO[C@H]2O[C@H](CO)[C@@H](O)[C@H](O)[C@@H]2O)[C@H](OCCCO[C@H]2O[C@H](CO)[C@@H](O)[C@H](O)[C@@H]2O)[C@H]1OCCCO[C@H]1O[C@H](CO)[C@@H](O)[C@H](O)[C@@H]1O. The average molecular weight is 1190 g/mol. The molecule has 0 unspecified atom stereocenters. The van der Waals surface area contributed by atoms with Crippen LogP contribution < -0.4 is 0 Å². The van der Waals surface area contributed by atoms with E-state index in [0.29, 0.717) is 32.2 Å². The largest absolute Gasteiger partial charge is 0.394 e. The van der Waals surface area contributed by atoms with Crippen molar-refractivity contribution in [1.29, 1.82) is 0 Å². The van der Waals surface area contributed by atoms with Gasteiger partial charge in [0, 0.05) is 44.5 Å². The Morgan fingerprint density at radius 1 is 0.309 bits per heavy atom. The quantitative estimate of drug-likeness (QED) is 0.0119. The number of azide groups is 1. The van der Waals surface area contributed by atoms with Gasteiger partial charge in [0.2, 0.25) is 0 Å². The highest BCUT2D eigenvalue weighted by atomic mass is 16.7. The Labute approximate surface area is 466 Å². The lowest BCUT2D eigenvalue weighted by Crippen LogP contribution is -2.62. The Morgan fingerprint density at radius 3 is 1.00 bits per heavy atom. The molecule has 33 nitrogen and oxygen atoms in total. The van der Waals surface area contributed by atoms with Crippen LogP contribution in [0.5, 0.6) is 0 Å². The molecule has 81 heavy (non-hydrogen) atoms. The molecule has 0 aromatic carbocycles. The summed E-state index contributed by atoms with van der Waals surface area (Å²) in [6.07, 6.45) is -32.7.